The van der Waals surface area contributed by atoms with Crippen molar-refractivity contribution in [2.75, 3.05) is 12.4 Å². The van der Waals surface area contributed by atoms with Crippen molar-refractivity contribution in [2.45, 2.75) is 4.90 Å². The molecule has 0 atom stereocenters. The number of carbonyl (C=O) groups is 1. The number of amides is 2. The Morgan fingerprint density at radius 3 is 2.48 bits per heavy atom. The minimum Gasteiger partial charge on any atom is -0.497 e. The molecule has 2 aromatic carbocycles. The van der Waals surface area contributed by atoms with Gasteiger partial charge in [-0.3, -0.25) is 0 Å². The predicted octanol–water partition coefficient (Wildman–Crippen LogP) is 4.06. The predicted molar refractivity (Wildman–Crippen MR) is 92.1 cm³/mol. The molecule has 2 rings (SSSR count). The number of hydrogen-bond donors (Lipinski definition) is 2. The smallest absolute Gasteiger partial charge is 0.323 e. The van der Waals surface area contributed by atoms with Gasteiger partial charge in [0.2, 0.25) is 0 Å². The summed E-state index contributed by atoms with van der Waals surface area (Å²) in [6.07, 6.45) is 3.35. The maximum absolute atomic E-state index is 11.8. The van der Waals surface area contributed by atoms with Gasteiger partial charge in [0.25, 0.3) is 0 Å². The Labute approximate surface area is 139 Å². The number of thiocyanates is 1. The SMILES string of the molecule is COc1ccc(/C=C/NC(=O)Nc2ccc(SC#N)cc2)cc1. The molecule has 0 heterocycles. The third kappa shape index (κ3) is 5.41. The van der Waals surface area contributed by atoms with Crippen molar-refractivity contribution in [1.29, 1.82) is 5.26 Å². The number of rotatable bonds is 5. The maximum atomic E-state index is 11.8. The standard InChI is InChI=1S/C17H15N3O2S/c1-22-15-6-2-13(3-7-15)10-11-19-17(21)20-14-4-8-16(9-5-14)23-12-18/h2-11H,1H3,(H2,19,20,21)/b11-10+. The summed E-state index contributed by atoms with van der Waals surface area (Å²) >= 11 is 1.07. The first-order valence-electron chi connectivity index (χ1n) is 6.75. The number of carbonyl (C=O) groups excluding carboxylic acids is 1. The highest BCUT2D eigenvalue weighted by molar-refractivity contribution is 8.03. The largest absolute Gasteiger partial charge is 0.497 e. The molecule has 0 aliphatic heterocycles. The van der Waals surface area contributed by atoms with Crippen molar-refractivity contribution in [3.05, 3.63) is 60.3 Å². The van der Waals surface area contributed by atoms with E-state index in [4.69, 9.17) is 10.00 Å². The van der Waals surface area contributed by atoms with E-state index < -0.39 is 0 Å². The van der Waals surface area contributed by atoms with Gasteiger partial charge >= 0.3 is 6.03 Å². The molecule has 0 fully saturated rings. The molecular weight excluding hydrogens is 310 g/mol. The summed E-state index contributed by atoms with van der Waals surface area (Å²) in [7, 11) is 1.61. The third-order valence-electron chi connectivity index (χ3n) is 2.88. The van der Waals surface area contributed by atoms with Gasteiger partial charge in [-0.1, -0.05) is 12.1 Å². The second-order valence-corrected chi connectivity index (χ2v) is 5.28. The minimum atomic E-state index is -0.338. The highest BCUT2D eigenvalue weighted by atomic mass is 32.2. The van der Waals surface area contributed by atoms with Crippen molar-refractivity contribution < 1.29 is 9.53 Å². The Bertz CT molecular complexity index is 719. The highest BCUT2D eigenvalue weighted by Gasteiger charge is 1.99. The summed E-state index contributed by atoms with van der Waals surface area (Å²) in [5.41, 5.74) is 1.60. The first-order chi connectivity index (χ1) is 11.2. The molecule has 0 unspecified atom stereocenters. The number of methoxy groups -OCH3 is 1. The van der Waals surface area contributed by atoms with Crippen molar-refractivity contribution >= 4 is 29.6 Å². The number of hydrogen-bond acceptors (Lipinski definition) is 4. The zero-order chi connectivity index (χ0) is 16.5. The van der Waals surface area contributed by atoms with Crippen LogP contribution in [0, 0.1) is 10.7 Å². The topological polar surface area (TPSA) is 74.2 Å². The van der Waals surface area contributed by atoms with Gasteiger partial charge in [-0.05, 0) is 59.8 Å². The van der Waals surface area contributed by atoms with Crippen LogP contribution in [0.2, 0.25) is 0 Å². The summed E-state index contributed by atoms with van der Waals surface area (Å²) in [5, 5.41) is 15.9. The molecule has 23 heavy (non-hydrogen) atoms. The van der Waals surface area contributed by atoms with E-state index in [0.717, 1.165) is 28.0 Å². The van der Waals surface area contributed by atoms with Crippen LogP contribution in [0.4, 0.5) is 10.5 Å². The second kappa shape index (κ2) is 8.51. The number of benzene rings is 2. The quantitative estimate of drug-likeness (QED) is 0.642. The number of thioether (sulfide) groups is 1. The van der Waals surface area contributed by atoms with Crippen LogP contribution in [0.25, 0.3) is 6.08 Å². The molecule has 0 saturated carbocycles. The first kappa shape index (κ1) is 16.5. The zero-order valence-electron chi connectivity index (χ0n) is 12.4. The van der Waals surface area contributed by atoms with Gasteiger partial charge in [0.1, 0.15) is 11.2 Å². The average Bonchev–Trinajstić information content (AvgIpc) is 2.57. The van der Waals surface area contributed by atoms with Crippen LogP contribution in [0.3, 0.4) is 0 Å². The number of ether oxygens (including phenoxy) is 1. The van der Waals surface area contributed by atoms with Gasteiger partial charge in [-0.25, -0.2) is 4.79 Å². The van der Waals surface area contributed by atoms with Gasteiger partial charge in [0.05, 0.1) is 7.11 Å². The maximum Gasteiger partial charge on any atom is 0.323 e. The number of urea groups is 1. The van der Waals surface area contributed by atoms with E-state index in [-0.39, 0.29) is 6.03 Å². The van der Waals surface area contributed by atoms with Gasteiger partial charge < -0.3 is 15.4 Å². The lowest BCUT2D eigenvalue weighted by atomic mass is 10.2. The van der Waals surface area contributed by atoms with E-state index in [1.807, 2.05) is 29.7 Å². The average molecular weight is 325 g/mol. The summed E-state index contributed by atoms with van der Waals surface area (Å²) in [6.45, 7) is 0. The van der Waals surface area contributed by atoms with Crippen LogP contribution in [0.1, 0.15) is 5.56 Å². The molecule has 0 aliphatic rings. The van der Waals surface area contributed by atoms with E-state index in [9.17, 15) is 4.79 Å². The van der Waals surface area contributed by atoms with E-state index >= 15 is 0 Å². The molecule has 2 amide bonds. The molecule has 2 aromatic rings. The Balaban J connectivity index is 1.84. The molecule has 0 aromatic heterocycles. The normalized spacial score (nSPS) is 10.1. The Hall–Kier alpha value is -2.91. The lowest BCUT2D eigenvalue weighted by Crippen LogP contribution is -2.23. The second-order valence-electron chi connectivity index (χ2n) is 4.42. The van der Waals surface area contributed by atoms with Crippen LogP contribution in [-0.2, 0) is 0 Å². The summed E-state index contributed by atoms with van der Waals surface area (Å²) in [4.78, 5) is 12.6. The molecule has 0 radical (unpaired) electrons. The zero-order valence-corrected chi connectivity index (χ0v) is 13.3. The minimum absolute atomic E-state index is 0.338. The number of nitrogens with zero attached hydrogens (tertiary/aromatic N) is 1. The van der Waals surface area contributed by atoms with Gasteiger partial charge in [0.15, 0.2) is 0 Å². The van der Waals surface area contributed by atoms with Crippen LogP contribution in [0.15, 0.2) is 59.6 Å². The van der Waals surface area contributed by atoms with Crippen LogP contribution >= 0.6 is 11.8 Å². The van der Waals surface area contributed by atoms with Crippen LogP contribution in [0.5, 0.6) is 5.75 Å². The lowest BCUT2D eigenvalue weighted by Gasteiger charge is -2.05. The lowest BCUT2D eigenvalue weighted by molar-refractivity contribution is 0.255. The summed E-state index contributed by atoms with van der Waals surface area (Å²) < 4.78 is 5.08. The molecule has 0 saturated heterocycles. The third-order valence-corrected chi connectivity index (χ3v) is 3.48. The monoisotopic (exact) mass is 325 g/mol. The summed E-state index contributed by atoms with van der Waals surface area (Å²) in [5.74, 6) is 0.783. The van der Waals surface area contributed by atoms with Crippen LogP contribution < -0.4 is 15.4 Å². The number of nitrogens with one attached hydrogen (secondary N) is 2. The number of anilines is 1. The fourth-order valence-corrected chi connectivity index (χ4v) is 2.13. The van der Waals surface area contributed by atoms with Crippen molar-refractivity contribution in [2.24, 2.45) is 0 Å². The van der Waals surface area contributed by atoms with Gasteiger partial charge in [0, 0.05) is 16.8 Å². The Morgan fingerprint density at radius 1 is 1.17 bits per heavy atom. The molecule has 5 nitrogen and oxygen atoms in total. The molecule has 0 bridgehead atoms. The van der Waals surface area contributed by atoms with E-state index in [1.165, 1.54) is 0 Å². The molecule has 6 heteroatoms. The first-order valence-corrected chi connectivity index (χ1v) is 7.57. The van der Waals surface area contributed by atoms with Gasteiger partial charge in [-0.15, -0.1) is 0 Å². The molecular formula is C17H15N3O2S. The molecule has 116 valence electrons. The Kier molecular flexibility index (Phi) is 6.09. The highest BCUT2D eigenvalue weighted by Crippen LogP contribution is 2.18. The van der Waals surface area contributed by atoms with E-state index in [1.54, 1.807) is 43.7 Å². The fourth-order valence-electron chi connectivity index (χ4n) is 1.75. The molecule has 0 spiro atoms. The molecule has 0 aliphatic carbocycles. The van der Waals surface area contributed by atoms with E-state index in [0.29, 0.717) is 5.69 Å². The Morgan fingerprint density at radius 2 is 1.87 bits per heavy atom. The number of nitriles is 1. The van der Waals surface area contributed by atoms with Gasteiger partial charge in [-0.2, -0.15) is 5.26 Å². The van der Waals surface area contributed by atoms with Crippen molar-refractivity contribution in [3.8, 4) is 11.2 Å². The van der Waals surface area contributed by atoms with Crippen molar-refractivity contribution in [3.63, 3.8) is 0 Å². The van der Waals surface area contributed by atoms with Crippen LogP contribution in [-0.4, -0.2) is 13.1 Å². The van der Waals surface area contributed by atoms with Crippen molar-refractivity contribution in [1.82, 2.24) is 5.32 Å². The van der Waals surface area contributed by atoms with E-state index in [2.05, 4.69) is 10.6 Å². The molecule has 2 N–H and O–H groups in total. The summed E-state index contributed by atoms with van der Waals surface area (Å²) in [6, 6.07) is 14.2. The fraction of sp³-hybridized carbons (Fsp3) is 0.0588.